The number of hydrogen-bond donors (Lipinski definition) is 1. The first-order valence-corrected chi connectivity index (χ1v) is 7.03. The van der Waals surface area contributed by atoms with E-state index in [1.807, 2.05) is 20.0 Å². The molecule has 0 spiro atoms. The zero-order valence-corrected chi connectivity index (χ0v) is 13.3. The largest absolute Gasteiger partial charge is 0.361 e. The van der Waals surface area contributed by atoms with Gasteiger partial charge in [0.15, 0.2) is 5.82 Å². The average Bonchev–Trinajstić information content (AvgIpc) is 3.01. The molecule has 0 aromatic carbocycles. The zero-order valence-electron chi connectivity index (χ0n) is 13.3. The van der Waals surface area contributed by atoms with E-state index in [-0.39, 0.29) is 5.91 Å². The molecule has 1 N–H and O–H groups in total. The fourth-order valence-electron chi connectivity index (χ4n) is 2.36. The second-order valence-corrected chi connectivity index (χ2v) is 5.23. The van der Waals surface area contributed by atoms with Gasteiger partial charge in [0.05, 0.1) is 29.5 Å². The van der Waals surface area contributed by atoms with Crippen molar-refractivity contribution in [1.29, 1.82) is 0 Å². The number of nitrogens with one attached hydrogen (secondary N) is 1. The van der Waals surface area contributed by atoms with Crippen LogP contribution in [0.25, 0.3) is 11.4 Å². The van der Waals surface area contributed by atoms with Crippen molar-refractivity contribution in [2.24, 2.45) is 7.05 Å². The Hall–Kier alpha value is -3.03. The maximum Gasteiger partial charge on any atom is 0.262 e. The van der Waals surface area contributed by atoms with E-state index in [9.17, 15) is 4.79 Å². The molecule has 0 aliphatic rings. The van der Waals surface area contributed by atoms with Crippen LogP contribution in [0, 0.1) is 20.8 Å². The Bertz CT molecular complexity index is 843. The summed E-state index contributed by atoms with van der Waals surface area (Å²) in [6.45, 7) is 5.31. The van der Waals surface area contributed by atoms with Crippen molar-refractivity contribution in [3.8, 4) is 11.4 Å². The van der Waals surface area contributed by atoms with E-state index in [1.54, 1.807) is 24.7 Å². The predicted molar refractivity (Wildman–Crippen MR) is 82.9 cm³/mol. The lowest BCUT2D eigenvalue weighted by Crippen LogP contribution is -2.14. The maximum absolute atomic E-state index is 12.2. The summed E-state index contributed by atoms with van der Waals surface area (Å²) < 4.78 is 6.73. The molecule has 23 heavy (non-hydrogen) atoms. The summed E-state index contributed by atoms with van der Waals surface area (Å²) in [6.07, 6.45) is 3.10. The van der Waals surface area contributed by atoms with Gasteiger partial charge in [-0.1, -0.05) is 5.16 Å². The summed E-state index contributed by atoms with van der Waals surface area (Å²) >= 11 is 0. The molecule has 0 saturated carbocycles. The molecule has 8 heteroatoms. The number of amides is 1. The van der Waals surface area contributed by atoms with E-state index in [4.69, 9.17) is 4.52 Å². The molecule has 3 rings (SSSR count). The second-order valence-electron chi connectivity index (χ2n) is 5.23. The Kier molecular flexibility index (Phi) is 3.65. The highest BCUT2D eigenvalue weighted by Gasteiger charge is 2.18. The van der Waals surface area contributed by atoms with Crippen LogP contribution in [0.1, 0.15) is 27.5 Å². The van der Waals surface area contributed by atoms with Crippen LogP contribution >= 0.6 is 0 Å². The van der Waals surface area contributed by atoms with Gasteiger partial charge in [0.2, 0.25) is 0 Å². The van der Waals surface area contributed by atoms with Crippen LogP contribution in [0.5, 0.6) is 0 Å². The van der Waals surface area contributed by atoms with Gasteiger partial charge in [-0.25, -0.2) is 9.97 Å². The van der Waals surface area contributed by atoms with Gasteiger partial charge in [-0.2, -0.15) is 5.10 Å². The van der Waals surface area contributed by atoms with Gasteiger partial charge in [0.25, 0.3) is 5.91 Å². The molecule has 1 amide bonds. The van der Waals surface area contributed by atoms with Crippen molar-refractivity contribution in [3.63, 3.8) is 0 Å². The molecule has 0 fully saturated rings. The Morgan fingerprint density at radius 3 is 2.52 bits per heavy atom. The number of aromatic nitrogens is 5. The first-order valence-electron chi connectivity index (χ1n) is 7.03. The van der Waals surface area contributed by atoms with Crippen LogP contribution in [0.4, 0.5) is 5.82 Å². The first-order chi connectivity index (χ1) is 11.0. The topological polar surface area (TPSA) is 98.7 Å². The quantitative estimate of drug-likeness (QED) is 0.794. The minimum atomic E-state index is -0.320. The fraction of sp³-hybridized carbons (Fsp3) is 0.267. The molecule has 0 aliphatic heterocycles. The summed E-state index contributed by atoms with van der Waals surface area (Å²) in [5, 5.41) is 10.7. The van der Waals surface area contributed by atoms with Gasteiger partial charge in [-0.05, 0) is 26.8 Å². The molecule has 0 aliphatic carbocycles. The molecule has 3 aromatic rings. The van der Waals surface area contributed by atoms with Crippen LogP contribution in [-0.2, 0) is 7.05 Å². The van der Waals surface area contributed by atoms with Crippen molar-refractivity contribution < 1.29 is 9.32 Å². The van der Waals surface area contributed by atoms with Gasteiger partial charge in [0, 0.05) is 7.05 Å². The Morgan fingerprint density at radius 2 is 2.00 bits per heavy atom. The fourth-order valence-corrected chi connectivity index (χ4v) is 2.36. The van der Waals surface area contributed by atoms with E-state index in [0.717, 1.165) is 11.4 Å². The number of rotatable bonds is 3. The smallest absolute Gasteiger partial charge is 0.262 e. The van der Waals surface area contributed by atoms with E-state index in [1.165, 1.54) is 6.20 Å². The molecule has 8 nitrogen and oxygen atoms in total. The minimum absolute atomic E-state index is 0.320. The number of carbonyl (C=O) groups excluding carboxylic acids is 1. The van der Waals surface area contributed by atoms with Gasteiger partial charge in [-0.15, -0.1) is 0 Å². The van der Waals surface area contributed by atoms with E-state index >= 15 is 0 Å². The van der Waals surface area contributed by atoms with Crippen LogP contribution in [0.3, 0.4) is 0 Å². The molecule has 0 atom stereocenters. The molecular weight excluding hydrogens is 296 g/mol. The third-order valence-electron chi connectivity index (χ3n) is 3.42. The Morgan fingerprint density at radius 1 is 1.22 bits per heavy atom. The van der Waals surface area contributed by atoms with Crippen molar-refractivity contribution >= 4 is 11.7 Å². The van der Waals surface area contributed by atoms with E-state index in [2.05, 4.69) is 25.5 Å². The van der Waals surface area contributed by atoms with Crippen LogP contribution < -0.4 is 5.32 Å². The monoisotopic (exact) mass is 312 g/mol. The molecule has 0 bridgehead atoms. The van der Waals surface area contributed by atoms with Gasteiger partial charge < -0.3 is 9.84 Å². The molecule has 3 heterocycles. The molecule has 3 aromatic heterocycles. The van der Waals surface area contributed by atoms with Crippen LogP contribution in [0.15, 0.2) is 23.0 Å². The minimum Gasteiger partial charge on any atom is -0.361 e. The lowest BCUT2D eigenvalue weighted by molar-refractivity contribution is 0.102. The van der Waals surface area contributed by atoms with Gasteiger partial charge in [0.1, 0.15) is 17.0 Å². The number of hydrogen-bond acceptors (Lipinski definition) is 6. The summed E-state index contributed by atoms with van der Waals surface area (Å²) in [4.78, 5) is 20.8. The summed E-state index contributed by atoms with van der Waals surface area (Å²) in [5.74, 6) is 0.507. The number of anilines is 1. The molecule has 0 unspecified atom stereocenters. The third kappa shape index (κ3) is 2.83. The van der Waals surface area contributed by atoms with E-state index < -0.39 is 0 Å². The van der Waals surface area contributed by atoms with Gasteiger partial charge in [-0.3, -0.25) is 9.48 Å². The lowest BCUT2D eigenvalue weighted by Gasteiger charge is -2.05. The van der Waals surface area contributed by atoms with Crippen molar-refractivity contribution in [1.82, 2.24) is 24.9 Å². The maximum atomic E-state index is 12.2. The normalized spacial score (nSPS) is 10.8. The molecular formula is C15H16N6O2. The second kappa shape index (κ2) is 5.64. The molecule has 0 saturated heterocycles. The highest BCUT2D eigenvalue weighted by Crippen LogP contribution is 2.18. The highest BCUT2D eigenvalue weighted by atomic mass is 16.5. The lowest BCUT2D eigenvalue weighted by atomic mass is 10.2. The summed E-state index contributed by atoms with van der Waals surface area (Å²) in [5.41, 5.74) is 3.40. The third-order valence-corrected chi connectivity index (χ3v) is 3.42. The van der Waals surface area contributed by atoms with Gasteiger partial charge >= 0.3 is 0 Å². The summed E-state index contributed by atoms with van der Waals surface area (Å²) in [7, 11) is 1.84. The summed E-state index contributed by atoms with van der Waals surface area (Å²) in [6, 6.07) is 1.92. The van der Waals surface area contributed by atoms with Crippen molar-refractivity contribution in [2.45, 2.75) is 20.8 Å². The Labute approximate surface area is 132 Å². The molecule has 118 valence electrons. The van der Waals surface area contributed by atoms with Crippen LogP contribution in [-0.4, -0.2) is 30.8 Å². The standard InChI is InChI=1S/C15H16N6O2/c1-8-5-12(21(4)19-8)11-6-17-13(7-16-11)18-15(22)14-9(2)20-23-10(14)3/h5-7H,1-4H3,(H,17,18,22). The average molecular weight is 312 g/mol. The first kappa shape index (κ1) is 14.9. The van der Waals surface area contributed by atoms with Crippen LogP contribution in [0.2, 0.25) is 0 Å². The number of nitrogens with zero attached hydrogens (tertiary/aromatic N) is 5. The zero-order chi connectivity index (χ0) is 16.6. The number of aryl methyl sites for hydroxylation is 4. The van der Waals surface area contributed by atoms with Crippen molar-refractivity contribution in [3.05, 3.63) is 41.2 Å². The molecule has 0 radical (unpaired) electrons. The predicted octanol–water partition coefficient (Wildman–Crippen LogP) is 2.04. The number of carbonyl (C=O) groups is 1. The Balaban J connectivity index is 1.80. The van der Waals surface area contributed by atoms with Crippen molar-refractivity contribution in [2.75, 3.05) is 5.32 Å². The highest BCUT2D eigenvalue weighted by molar-refractivity contribution is 6.05. The SMILES string of the molecule is Cc1cc(-c2cnc(NC(=O)c3c(C)noc3C)cn2)n(C)n1. The van der Waals surface area contributed by atoms with E-state index in [0.29, 0.717) is 28.5 Å².